The van der Waals surface area contributed by atoms with Crippen molar-refractivity contribution < 1.29 is 14.3 Å². The molecule has 0 bridgehead atoms. The predicted octanol–water partition coefficient (Wildman–Crippen LogP) is 3.27. The van der Waals surface area contributed by atoms with Crippen molar-refractivity contribution in [3.05, 3.63) is 69.6 Å². The summed E-state index contributed by atoms with van der Waals surface area (Å²) >= 11 is 0. The van der Waals surface area contributed by atoms with Crippen molar-refractivity contribution in [1.82, 2.24) is 9.55 Å². The first kappa shape index (κ1) is 18.6. The lowest BCUT2D eigenvalue weighted by Crippen LogP contribution is -2.22. The number of carbonyl (C=O) groups is 1. The van der Waals surface area contributed by atoms with Gasteiger partial charge in [0.1, 0.15) is 30.2 Å². The van der Waals surface area contributed by atoms with E-state index in [0.29, 0.717) is 23.3 Å². The second-order valence-corrected chi connectivity index (χ2v) is 6.28. The first-order valence-electron chi connectivity index (χ1n) is 8.87. The molecular formula is C21H22N2O4. The first-order valence-corrected chi connectivity index (χ1v) is 8.87. The average molecular weight is 366 g/mol. The molecule has 3 aromatic rings. The van der Waals surface area contributed by atoms with Crippen LogP contribution in [0.2, 0.25) is 0 Å². The minimum Gasteiger partial charge on any atom is -0.490 e. The third-order valence-corrected chi connectivity index (χ3v) is 4.23. The number of fused-ring (bicyclic) bond motifs is 1. The molecule has 0 amide bonds. The maximum absolute atomic E-state index is 12.7. The van der Waals surface area contributed by atoms with Crippen molar-refractivity contribution in [3.63, 3.8) is 0 Å². The summed E-state index contributed by atoms with van der Waals surface area (Å²) in [6, 6.07) is 11.1. The summed E-state index contributed by atoms with van der Waals surface area (Å²) in [5, 5.41) is 0.410. The molecule has 0 fully saturated rings. The first-order chi connectivity index (χ1) is 13.0. The number of nitrogens with zero attached hydrogens (tertiary/aromatic N) is 2. The highest BCUT2D eigenvalue weighted by Gasteiger charge is 2.17. The lowest BCUT2D eigenvalue weighted by molar-refractivity contribution is 0.0448. The Labute approximate surface area is 157 Å². The Morgan fingerprint density at radius 3 is 2.52 bits per heavy atom. The standard InChI is InChI=1S/C21H22N2O4/c1-4-23-13-18(19(24)17-10-7-15(3)22-20(17)23)21(25)27-12-11-26-16-8-5-14(2)6-9-16/h5-10,13H,4,11-12H2,1-3H3. The van der Waals surface area contributed by atoms with Gasteiger partial charge < -0.3 is 14.0 Å². The topological polar surface area (TPSA) is 70.4 Å². The average Bonchev–Trinajstić information content (AvgIpc) is 2.66. The van der Waals surface area contributed by atoms with Gasteiger partial charge in [-0.25, -0.2) is 9.78 Å². The number of hydrogen-bond donors (Lipinski definition) is 0. The molecule has 6 heteroatoms. The summed E-state index contributed by atoms with van der Waals surface area (Å²) in [6.45, 7) is 6.64. The minimum absolute atomic E-state index is 0.00494. The molecule has 0 unspecified atom stereocenters. The number of esters is 1. The Hall–Kier alpha value is -3.15. The van der Waals surface area contributed by atoms with Gasteiger partial charge in [0.15, 0.2) is 0 Å². The molecule has 0 aliphatic carbocycles. The minimum atomic E-state index is -0.655. The summed E-state index contributed by atoms with van der Waals surface area (Å²) in [6.07, 6.45) is 1.51. The fourth-order valence-electron chi connectivity index (χ4n) is 2.75. The fraction of sp³-hybridized carbons (Fsp3) is 0.286. The second-order valence-electron chi connectivity index (χ2n) is 6.28. The predicted molar refractivity (Wildman–Crippen MR) is 103 cm³/mol. The van der Waals surface area contributed by atoms with Crippen molar-refractivity contribution in [2.24, 2.45) is 0 Å². The van der Waals surface area contributed by atoms with E-state index in [1.54, 1.807) is 16.7 Å². The molecule has 2 heterocycles. The van der Waals surface area contributed by atoms with E-state index in [1.807, 2.05) is 45.0 Å². The molecule has 0 saturated carbocycles. The van der Waals surface area contributed by atoms with Gasteiger partial charge >= 0.3 is 5.97 Å². The molecule has 0 atom stereocenters. The number of ether oxygens (including phenoxy) is 2. The lowest BCUT2D eigenvalue weighted by atomic mass is 10.2. The lowest BCUT2D eigenvalue weighted by Gasteiger charge is -2.11. The molecule has 0 aliphatic rings. The van der Waals surface area contributed by atoms with Gasteiger partial charge in [0.25, 0.3) is 0 Å². The molecule has 2 aromatic heterocycles. The molecule has 0 radical (unpaired) electrons. The molecule has 1 aromatic carbocycles. The van der Waals surface area contributed by atoms with E-state index in [9.17, 15) is 9.59 Å². The van der Waals surface area contributed by atoms with Crippen LogP contribution in [0.3, 0.4) is 0 Å². The highest BCUT2D eigenvalue weighted by molar-refractivity contribution is 5.93. The highest BCUT2D eigenvalue weighted by Crippen LogP contribution is 2.13. The van der Waals surface area contributed by atoms with Crippen molar-refractivity contribution in [3.8, 4) is 5.75 Å². The smallest absolute Gasteiger partial charge is 0.343 e. The molecule has 6 nitrogen and oxygen atoms in total. The van der Waals surface area contributed by atoms with Crippen molar-refractivity contribution in [2.45, 2.75) is 27.3 Å². The van der Waals surface area contributed by atoms with Crippen LogP contribution in [-0.4, -0.2) is 28.7 Å². The fourth-order valence-corrected chi connectivity index (χ4v) is 2.75. The Morgan fingerprint density at radius 2 is 1.81 bits per heavy atom. The van der Waals surface area contributed by atoms with Crippen LogP contribution in [0.1, 0.15) is 28.5 Å². The number of hydrogen-bond acceptors (Lipinski definition) is 5. The maximum Gasteiger partial charge on any atom is 0.343 e. The molecule has 27 heavy (non-hydrogen) atoms. The Morgan fingerprint density at radius 1 is 1.07 bits per heavy atom. The molecule has 3 rings (SSSR count). The van der Waals surface area contributed by atoms with Crippen LogP contribution in [-0.2, 0) is 11.3 Å². The molecule has 0 N–H and O–H groups in total. The Bertz CT molecular complexity index is 1020. The molecule has 140 valence electrons. The van der Waals surface area contributed by atoms with E-state index in [0.717, 1.165) is 11.3 Å². The van der Waals surface area contributed by atoms with E-state index in [4.69, 9.17) is 9.47 Å². The van der Waals surface area contributed by atoms with Crippen LogP contribution in [0.4, 0.5) is 0 Å². The largest absolute Gasteiger partial charge is 0.490 e. The Balaban J connectivity index is 1.71. The number of pyridine rings is 2. The highest BCUT2D eigenvalue weighted by atomic mass is 16.6. The number of carbonyl (C=O) groups excluding carboxylic acids is 1. The van der Waals surface area contributed by atoms with Crippen LogP contribution in [0.5, 0.6) is 5.75 Å². The zero-order valence-corrected chi connectivity index (χ0v) is 15.7. The zero-order valence-electron chi connectivity index (χ0n) is 15.7. The van der Waals surface area contributed by atoms with Gasteiger partial charge in [0.2, 0.25) is 5.43 Å². The van der Waals surface area contributed by atoms with Gasteiger partial charge in [-0.05, 0) is 45.0 Å². The van der Waals surface area contributed by atoms with E-state index in [-0.39, 0.29) is 24.2 Å². The van der Waals surface area contributed by atoms with Gasteiger partial charge in [-0.15, -0.1) is 0 Å². The van der Waals surface area contributed by atoms with Crippen LogP contribution in [0.25, 0.3) is 11.0 Å². The summed E-state index contributed by atoms with van der Waals surface area (Å²) in [7, 11) is 0. The number of benzene rings is 1. The van der Waals surface area contributed by atoms with E-state index in [1.165, 1.54) is 6.20 Å². The van der Waals surface area contributed by atoms with E-state index < -0.39 is 5.97 Å². The summed E-state index contributed by atoms with van der Waals surface area (Å²) < 4.78 is 12.5. The van der Waals surface area contributed by atoms with E-state index in [2.05, 4.69) is 4.98 Å². The quantitative estimate of drug-likeness (QED) is 0.495. The van der Waals surface area contributed by atoms with Crippen LogP contribution >= 0.6 is 0 Å². The molecular weight excluding hydrogens is 344 g/mol. The zero-order chi connectivity index (χ0) is 19.4. The normalized spacial score (nSPS) is 10.8. The maximum atomic E-state index is 12.7. The van der Waals surface area contributed by atoms with Crippen LogP contribution in [0, 0.1) is 13.8 Å². The number of aryl methyl sites for hydroxylation is 3. The number of aromatic nitrogens is 2. The third kappa shape index (κ3) is 4.16. The van der Waals surface area contributed by atoms with Crippen molar-refractivity contribution in [1.29, 1.82) is 0 Å². The van der Waals surface area contributed by atoms with Crippen molar-refractivity contribution >= 4 is 17.0 Å². The second kappa shape index (κ2) is 8.03. The number of rotatable bonds is 6. The Kier molecular flexibility index (Phi) is 5.54. The van der Waals surface area contributed by atoms with Crippen molar-refractivity contribution in [2.75, 3.05) is 13.2 Å². The van der Waals surface area contributed by atoms with E-state index >= 15 is 0 Å². The van der Waals surface area contributed by atoms with Gasteiger partial charge in [0, 0.05) is 18.4 Å². The van der Waals surface area contributed by atoms with Gasteiger partial charge in [-0.2, -0.15) is 0 Å². The summed E-state index contributed by atoms with van der Waals surface area (Å²) in [5.41, 5.74) is 2.16. The van der Waals surface area contributed by atoms with Gasteiger partial charge in [0.05, 0.1) is 5.39 Å². The molecule has 0 saturated heterocycles. The van der Waals surface area contributed by atoms with Gasteiger partial charge in [-0.3, -0.25) is 4.79 Å². The van der Waals surface area contributed by atoms with Gasteiger partial charge in [-0.1, -0.05) is 17.7 Å². The van der Waals surface area contributed by atoms with Crippen LogP contribution in [0.15, 0.2) is 47.4 Å². The summed E-state index contributed by atoms with van der Waals surface area (Å²) in [4.78, 5) is 29.5. The summed E-state index contributed by atoms with van der Waals surface area (Å²) in [5.74, 6) is 0.0503. The SMILES string of the molecule is CCn1cc(C(=O)OCCOc2ccc(C)cc2)c(=O)c2ccc(C)nc21. The monoisotopic (exact) mass is 366 g/mol. The molecule has 0 spiro atoms. The molecule has 0 aliphatic heterocycles. The third-order valence-electron chi connectivity index (χ3n) is 4.23. The van der Waals surface area contributed by atoms with Crippen LogP contribution < -0.4 is 10.2 Å².